The molecule has 1 aromatic heterocycles. The Morgan fingerprint density at radius 1 is 1.47 bits per heavy atom. The van der Waals surface area contributed by atoms with Gasteiger partial charge in [0.1, 0.15) is 11.4 Å². The molecule has 0 atom stereocenters. The zero-order valence-electron chi connectivity index (χ0n) is 8.60. The van der Waals surface area contributed by atoms with Crippen molar-refractivity contribution in [1.29, 1.82) is 0 Å². The molecule has 0 aromatic carbocycles. The molecule has 0 saturated carbocycles. The van der Waals surface area contributed by atoms with Gasteiger partial charge in [0, 0.05) is 12.6 Å². The summed E-state index contributed by atoms with van der Waals surface area (Å²) in [5.74, 6) is -1.18. The number of unbranched alkanes of at least 4 members (excludes halogenated alkanes) is 2. The summed E-state index contributed by atoms with van der Waals surface area (Å²) in [7, 11) is 0. The number of rotatable bonds is 5. The van der Waals surface area contributed by atoms with Gasteiger partial charge in [0.05, 0.1) is 0 Å². The van der Waals surface area contributed by atoms with Crippen LogP contribution < -0.4 is 0 Å². The van der Waals surface area contributed by atoms with Crippen molar-refractivity contribution in [2.75, 3.05) is 0 Å². The molecule has 0 aliphatic heterocycles. The number of hydrogen-bond donors (Lipinski definition) is 2. The van der Waals surface area contributed by atoms with Gasteiger partial charge in [-0.2, -0.15) is 4.98 Å². The largest absolute Gasteiger partial charge is 0.493 e. The predicted octanol–water partition coefficient (Wildman–Crippen LogP) is 1.61. The van der Waals surface area contributed by atoms with Crippen LogP contribution >= 0.6 is 0 Å². The topological polar surface area (TPSA) is 83.3 Å². The Labute approximate surface area is 87.8 Å². The highest BCUT2D eigenvalue weighted by atomic mass is 16.4. The third-order valence-electron chi connectivity index (χ3n) is 2.05. The molecule has 15 heavy (non-hydrogen) atoms. The molecule has 0 saturated heterocycles. The molecule has 0 amide bonds. The number of carbonyl (C=O) groups is 1. The van der Waals surface area contributed by atoms with Gasteiger partial charge in [-0.05, 0) is 6.42 Å². The van der Waals surface area contributed by atoms with Gasteiger partial charge in [-0.15, -0.1) is 0 Å². The van der Waals surface area contributed by atoms with E-state index in [0.717, 1.165) is 25.5 Å². The summed E-state index contributed by atoms with van der Waals surface area (Å²) in [6, 6.07) is 0. The van der Waals surface area contributed by atoms with Crippen molar-refractivity contribution < 1.29 is 15.0 Å². The Morgan fingerprint density at radius 2 is 2.20 bits per heavy atom. The molecule has 0 fully saturated rings. The zero-order chi connectivity index (χ0) is 11.3. The normalized spacial score (nSPS) is 10.2. The van der Waals surface area contributed by atoms with Gasteiger partial charge in [0.2, 0.25) is 5.88 Å². The van der Waals surface area contributed by atoms with Crippen molar-refractivity contribution in [3.8, 4) is 5.88 Å². The van der Waals surface area contributed by atoms with E-state index in [1.54, 1.807) is 0 Å². The summed E-state index contributed by atoms with van der Waals surface area (Å²) in [4.78, 5) is 18.2. The average Bonchev–Trinajstić information content (AvgIpc) is 2.17. The van der Waals surface area contributed by atoms with Crippen LogP contribution in [0, 0.1) is 0 Å². The SMILES string of the molecule is CCCCCc1ncc(C(=O)O)c(O)n1. The Kier molecular flexibility index (Phi) is 4.03. The highest BCUT2D eigenvalue weighted by Crippen LogP contribution is 2.13. The maximum Gasteiger partial charge on any atom is 0.342 e. The van der Waals surface area contributed by atoms with Crippen LogP contribution in [-0.2, 0) is 6.42 Å². The number of aromatic hydroxyl groups is 1. The Morgan fingerprint density at radius 3 is 2.73 bits per heavy atom. The van der Waals surface area contributed by atoms with Crippen LogP contribution in [-0.4, -0.2) is 26.2 Å². The van der Waals surface area contributed by atoms with E-state index in [1.807, 2.05) is 0 Å². The van der Waals surface area contributed by atoms with E-state index in [9.17, 15) is 9.90 Å². The first-order valence-corrected chi connectivity index (χ1v) is 4.93. The smallest absolute Gasteiger partial charge is 0.342 e. The molecule has 0 bridgehead atoms. The van der Waals surface area contributed by atoms with E-state index < -0.39 is 11.8 Å². The highest BCUT2D eigenvalue weighted by molar-refractivity contribution is 5.89. The standard InChI is InChI=1S/C10H14N2O3/c1-2-3-4-5-8-11-6-7(10(14)15)9(13)12-8/h6H,2-5H2,1H3,(H,14,15)(H,11,12,13). The lowest BCUT2D eigenvalue weighted by molar-refractivity contribution is 0.0692. The van der Waals surface area contributed by atoms with Crippen LogP contribution in [0.2, 0.25) is 0 Å². The van der Waals surface area contributed by atoms with Crippen molar-refractivity contribution in [3.63, 3.8) is 0 Å². The van der Waals surface area contributed by atoms with Gasteiger partial charge in [-0.1, -0.05) is 19.8 Å². The third-order valence-corrected chi connectivity index (χ3v) is 2.05. The second kappa shape index (κ2) is 5.29. The first kappa shape index (κ1) is 11.4. The lowest BCUT2D eigenvalue weighted by atomic mass is 10.2. The maximum atomic E-state index is 10.6. The number of aromatic carboxylic acids is 1. The van der Waals surface area contributed by atoms with E-state index >= 15 is 0 Å². The summed E-state index contributed by atoms with van der Waals surface area (Å²) in [5, 5.41) is 17.9. The van der Waals surface area contributed by atoms with E-state index in [0.29, 0.717) is 12.2 Å². The lowest BCUT2D eigenvalue weighted by Gasteiger charge is -2.01. The third kappa shape index (κ3) is 3.19. The van der Waals surface area contributed by atoms with E-state index in [2.05, 4.69) is 16.9 Å². The van der Waals surface area contributed by atoms with Gasteiger partial charge in [-0.3, -0.25) is 0 Å². The molecule has 1 heterocycles. The van der Waals surface area contributed by atoms with Crippen LogP contribution in [0.3, 0.4) is 0 Å². The molecule has 1 rings (SSSR count). The van der Waals surface area contributed by atoms with Crippen LogP contribution in [0.15, 0.2) is 6.20 Å². The first-order chi connectivity index (χ1) is 7.15. The molecule has 0 aliphatic rings. The van der Waals surface area contributed by atoms with Crippen LogP contribution in [0.25, 0.3) is 0 Å². The molecule has 5 heteroatoms. The fraction of sp³-hybridized carbons (Fsp3) is 0.500. The second-order valence-corrected chi connectivity index (χ2v) is 3.29. The second-order valence-electron chi connectivity index (χ2n) is 3.29. The number of carboxylic acid groups (broad SMARTS) is 1. The quantitative estimate of drug-likeness (QED) is 0.721. The predicted molar refractivity (Wildman–Crippen MR) is 53.9 cm³/mol. The van der Waals surface area contributed by atoms with Gasteiger partial charge in [0.25, 0.3) is 0 Å². The fourth-order valence-corrected chi connectivity index (χ4v) is 1.21. The van der Waals surface area contributed by atoms with Crippen molar-refractivity contribution in [2.24, 2.45) is 0 Å². The van der Waals surface area contributed by atoms with E-state index in [-0.39, 0.29) is 5.56 Å². The molecule has 82 valence electrons. The lowest BCUT2D eigenvalue weighted by Crippen LogP contribution is -2.03. The van der Waals surface area contributed by atoms with Crippen LogP contribution in [0.4, 0.5) is 0 Å². The average molecular weight is 210 g/mol. The molecule has 5 nitrogen and oxygen atoms in total. The summed E-state index contributed by atoms with van der Waals surface area (Å²) < 4.78 is 0. The minimum absolute atomic E-state index is 0.255. The van der Waals surface area contributed by atoms with Crippen LogP contribution in [0.1, 0.15) is 42.4 Å². The molecular weight excluding hydrogens is 196 g/mol. The molecule has 1 aromatic rings. The number of aromatic nitrogens is 2. The Bertz CT molecular complexity index is 353. The number of aryl methyl sites for hydroxylation is 1. The molecule has 0 aliphatic carbocycles. The van der Waals surface area contributed by atoms with Gasteiger partial charge < -0.3 is 10.2 Å². The maximum absolute atomic E-state index is 10.6. The molecular formula is C10H14N2O3. The summed E-state index contributed by atoms with van der Waals surface area (Å²) in [6.07, 6.45) is 4.93. The first-order valence-electron chi connectivity index (χ1n) is 4.93. The van der Waals surface area contributed by atoms with Crippen molar-refractivity contribution >= 4 is 5.97 Å². The van der Waals surface area contributed by atoms with Crippen molar-refractivity contribution in [1.82, 2.24) is 9.97 Å². The molecule has 0 radical (unpaired) electrons. The van der Waals surface area contributed by atoms with Crippen molar-refractivity contribution in [2.45, 2.75) is 32.6 Å². The number of nitrogens with zero attached hydrogens (tertiary/aromatic N) is 2. The minimum atomic E-state index is -1.22. The van der Waals surface area contributed by atoms with E-state index in [4.69, 9.17) is 5.11 Å². The summed E-state index contributed by atoms with van der Waals surface area (Å²) >= 11 is 0. The zero-order valence-corrected chi connectivity index (χ0v) is 8.60. The van der Waals surface area contributed by atoms with Crippen molar-refractivity contribution in [3.05, 3.63) is 17.6 Å². The molecule has 2 N–H and O–H groups in total. The molecule has 0 unspecified atom stereocenters. The van der Waals surface area contributed by atoms with Gasteiger partial charge in [-0.25, -0.2) is 9.78 Å². The molecule has 0 spiro atoms. The highest BCUT2D eigenvalue weighted by Gasteiger charge is 2.11. The Hall–Kier alpha value is -1.65. The Balaban J connectivity index is 2.69. The van der Waals surface area contributed by atoms with Crippen LogP contribution in [0.5, 0.6) is 5.88 Å². The van der Waals surface area contributed by atoms with Gasteiger partial charge in [0.15, 0.2) is 0 Å². The van der Waals surface area contributed by atoms with E-state index in [1.165, 1.54) is 0 Å². The number of carboxylic acids is 1. The minimum Gasteiger partial charge on any atom is -0.493 e. The summed E-state index contributed by atoms with van der Waals surface area (Å²) in [5.41, 5.74) is -0.255. The van der Waals surface area contributed by atoms with Gasteiger partial charge >= 0.3 is 5.97 Å². The fourth-order valence-electron chi connectivity index (χ4n) is 1.21. The summed E-state index contributed by atoms with van der Waals surface area (Å²) in [6.45, 7) is 2.09. The number of hydrogen-bond acceptors (Lipinski definition) is 4. The monoisotopic (exact) mass is 210 g/mol.